The molecule has 9 nitrogen and oxygen atoms in total. The number of amides is 1. The van der Waals surface area contributed by atoms with Gasteiger partial charge in [0.1, 0.15) is 12.2 Å². The molecule has 9 heteroatoms. The average molecular weight is 369 g/mol. The maximum absolute atomic E-state index is 12.6. The molecule has 0 aliphatic carbocycles. The smallest absolute Gasteiger partial charge is 0.251 e. The highest BCUT2D eigenvalue weighted by molar-refractivity contribution is 5.94. The fraction of sp³-hybridized carbons (Fsp3) is 0.389. The van der Waals surface area contributed by atoms with E-state index in [4.69, 9.17) is 4.74 Å². The standard InChI is InChI=1S/C18H23N7O2/c1-12(17-22-19-11-25(17)9-10-27-4)20-18(26)15-7-5-14(6-8-15)16-21-13(2)24(3)23-16/h5-8,11-12H,9-10H2,1-4H3,(H,20,26)/t12-/m1/s1. The number of rotatable bonds is 7. The number of methoxy groups -OCH3 is 1. The summed E-state index contributed by atoms with van der Waals surface area (Å²) in [4.78, 5) is 16.9. The van der Waals surface area contributed by atoms with Gasteiger partial charge in [0.25, 0.3) is 5.91 Å². The summed E-state index contributed by atoms with van der Waals surface area (Å²) in [5.74, 6) is 1.98. The van der Waals surface area contributed by atoms with Crippen LogP contribution in [-0.4, -0.2) is 49.2 Å². The summed E-state index contributed by atoms with van der Waals surface area (Å²) < 4.78 is 8.67. The predicted octanol–water partition coefficient (Wildman–Crippen LogP) is 1.52. The van der Waals surface area contributed by atoms with Crippen LogP contribution in [-0.2, 0) is 18.3 Å². The maximum Gasteiger partial charge on any atom is 0.251 e. The molecule has 0 spiro atoms. The molecule has 0 aliphatic heterocycles. The number of ether oxygens (including phenoxy) is 1. The van der Waals surface area contributed by atoms with E-state index in [0.717, 1.165) is 11.4 Å². The molecule has 0 unspecified atom stereocenters. The van der Waals surface area contributed by atoms with Gasteiger partial charge in [0.15, 0.2) is 11.6 Å². The lowest BCUT2D eigenvalue weighted by Gasteiger charge is -2.15. The van der Waals surface area contributed by atoms with Crippen LogP contribution in [0, 0.1) is 6.92 Å². The van der Waals surface area contributed by atoms with Gasteiger partial charge < -0.3 is 14.6 Å². The van der Waals surface area contributed by atoms with Crippen molar-refractivity contribution in [1.82, 2.24) is 34.8 Å². The van der Waals surface area contributed by atoms with Crippen molar-refractivity contribution in [1.29, 1.82) is 0 Å². The van der Waals surface area contributed by atoms with Crippen molar-refractivity contribution in [3.63, 3.8) is 0 Å². The van der Waals surface area contributed by atoms with E-state index < -0.39 is 0 Å². The molecule has 3 rings (SSSR count). The van der Waals surface area contributed by atoms with Crippen molar-refractivity contribution in [3.8, 4) is 11.4 Å². The van der Waals surface area contributed by atoms with Crippen LogP contribution in [0.1, 0.15) is 35.0 Å². The molecule has 2 heterocycles. The molecular formula is C18H23N7O2. The van der Waals surface area contributed by atoms with Gasteiger partial charge in [0.2, 0.25) is 0 Å². The molecule has 0 radical (unpaired) electrons. The van der Waals surface area contributed by atoms with E-state index in [0.29, 0.717) is 30.4 Å². The van der Waals surface area contributed by atoms with Gasteiger partial charge in [-0.1, -0.05) is 12.1 Å². The van der Waals surface area contributed by atoms with Crippen molar-refractivity contribution >= 4 is 5.91 Å². The third-order valence-corrected chi connectivity index (χ3v) is 4.30. The minimum absolute atomic E-state index is 0.180. The Bertz CT molecular complexity index is 895. The zero-order valence-corrected chi connectivity index (χ0v) is 15.9. The molecule has 1 atom stereocenters. The van der Waals surface area contributed by atoms with Crippen molar-refractivity contribution in [2.75, 3.05) is 13.7 Å². The Morgan fingerprint density at radius 3 is 2.67 bits per heavy atom. The molecule has 3 aromatic rings. The Morgan fingerprint density at radius 1 is 1.30 bits per heavy atom. The first-order chi connectivity index (χ1) is 13.0. The van der Waals surface area contributed by atoms with E-state index in [-0.39, 0.29) is 11.9 Å². The molecular weight excluding hydrogens is 346 g/mol. The van der Waals surface area contributed by atoms with Crippen LogP contribution in [0.5, 0.6) is 0 Å². The molecule has 0 saturated heterocycles. The van der Waals surface area contributed by atoms with Gasteiger partial charge in [0, 0.05) is 31.8 Å². The number of nitrogens with one attached hydrogen (secondary N) is 1. The van der Waals surface area contributed by atoms with Crippen LogP contribution in [0.2, 0.25) is 0 Å². The Hall–Kier alpha value is -3.07. The first kappa shape index (κ1) is 18.7. The molecule has 0 bridgehead atoms. The quantitative estimate of drug-likeness (QED) is 0.678. The minimum Gasteiger partial charge on any atom is -0.383 e. The number of carbonyl (C=O) groups is 1. The van der Waals surface area contributed by atoms with Crippen molar-refractivity contribution in [2.24, 2.45) is 7.05 Å². The fourth-order valence-corrected chi connectivity index (χ4v) is 2.66. The molecule has 0 fully saturated rings. The average Bonchev–Trinajstić information content (AvgIpc) is 3.27. The zero-order chi connectivity index (χ0) is 19.4. The van der Waals surface area contributed by atoms with Crippen LogP contribution in [0.25, 0.3) is 11.4 Å². The third kappa shape index (κ3) is 4.20. The monoisotopic (exact) mass is 369 g/mol. The Balaban J connectivity index is 1.68. The maximum atomic E-state index is 12.6. The van der Waals surface area contributed by atoms with Crippen LogP contribution in [0.3, 0.4) is 0 Å². The normalized spacial score (nSPS) is 12.1. The number of aromatic nitrogens is 6. The summed E-state index contributed by atoms with van der Waals surface area (Å²) in [5.41, 5.74) is 1.42. The largest absolute Gasteiger partial charge is 0.383 e. The summed E-state index contributed by atoms with van der Waals surface area (Å²) in [6.45, 7) is 4.95. The van der Waals surface area contributed by atoms with Gasteiger partial charge in [0.05, 0.1) is 12.6 Å². The Morgan fingerprint density at radius 2 is 2.04 bits per heavy atom. The molecule has 0 aliphatic rings. The molecule has 1 amide bonds. The SMILES string of the molecule is COCCn1cnnc1[C@@H](C)NC(=O)c1ccc(-c2nc(C)n(C)n2)cc1. The van der Waals surface area contributed by atoms with E-state index in [1.807, 2.05) is 37.6 Å². The zero-order valence-electron chi connectivity index (χ0n) is 15.9. The lowest BCUT2D eigenvalue weighted by atomic mass is 10.1. The lowest BCUT2D eigenvalue weighted by molar-refractivity contribution is 0.0937. The molecule has 0 saturated carbocycles. The van der Waals surface area contributed by atoms with Gasteiger partial charge in [-0.15, -0.1) is 10.2 Å². The lowest BCUT2D eigenvalue weighted by Crippen LogP contribution is -2.29. The molecule has 2 aromatic heterocycles. The first-order valence-corrected chi connectivity index (χ1v) is 8.65. The van der Waals surface area contributed by atoms with Gasteiger partial charge in [-0.25, -0.2) is 4.98 Å². The number of hydrogen-bond acceptors (Lipinski definition) is 6. The second kappa shape index (κ2) is 8.09. The molecule has 27 heavy (non-hydrogen) atoms. The fourth-order valence-electron chi connectivity index (χ4n) is 2.66. The summed E-state index contributed by atoms with van der Waals surface area (Å²) >= 11 is 0. The molecule has 1 aromatic carbocycles. The number of hydrogen-bond donors (Lipinski definition) is 1. The van der Waals surface area contributed by atoms with E-state index in [1.165, 1.54) is 0 Å². The van der Waals surface area contributed by atoms with E-state index in [2.05, 4.69) is 25.6 Å². The first-order valence-electron chi connectivity index (χ1n) is 8.65. The summed E-state index contributed by atoms with van der Waals surface area (Å²) in [7, 11) is 3.49. The van der Waals surface area contributed by atoms with Gasteiger partial charge in [-0.3, -0.25) is 9.48 Å². The predicted molar refractivity (Wildman–Crippen MR) is 99.0 cm³/mol. The highest BCUT2D eigenvalue weighted by atomic mass is 16.5. The van der Waals surface area contributed by atoms with E-state index in [9.17, 15) is 4.79 Å². The van der Waals surface area contributed by atoms with Crippen LogP contribution in [0.4, 0.5) is 0 Å². The highest BCUT2D eigenvalue weighted by Crippen LogP contribution is 2.17. The molecule has 1 N–H and O–H groups in total. The van der Waals surface area contributed by atoms with Crippen LogP contribution < -0.4 is 5.32 Å². The van der Waals surface area contributed by atoms with Gasteiger partial charge in [-0.2, -0.15) is 5.10 Å². The van der Waals surface area contributed by atoms with Crippen molar-refractivity contribution in [2.45, 2.75) is 26.4 Å². The van der Waals surface area contributed by atoms with Crippen molar-refractivity contribution in [3.05, 3.63) is 47.8 Å². The van der Waals surface area contributed by atoms with Gasteiger partial charge in [-0.05, 0) is 26.0 Å². The topological polar surface area (TPSA) is 99.7 Å². The van der Waals surface area contributed by atoms with E-state index in [1.54, 1.807) is 30.3 Å². The summed E-state index contributed by atoms with van der Waals surface area (Å²) in [6, 6.07) is 6.93. The summed E-state index contributed by atoms with van der Waals surface area (Å²) in [6.07, 6.45) is 1.63. The van der Waals surface area contributed by atoms with E-state index >= 15 is 0 Å². The molecule has 142 valence electrons. The number of benzene rings is 1. The van der Waals surface area contributed by atoms with Crippen molar-refractivity contribution < 1.29 is 9.53 Å². The number of nitrogens with zero attached hydrogens (tertiary/aromatic N) is 6. The second-order valence-electron chi connectivity index (χ2n) is 6.25. The third-order valence-electron chi connectivity index (χ3n) is 4.30. The number of carbonyl (C=O) groups excluding carboxylic acids is 1. The second-order valence-corrected chi connectivity index (χ2v) is 6.25. The highest BCUT2D eigenvalue weighted by Gasteiger charge is 2.17. The summed E-state index contributed by atoms with van der Waals surface area (Å²) in [5, 5.41) is 15.3. The Kier molecular flexibility index (Phi) is 5.60. The van der Waals surface area contributed by atoms with Crippen LogP contribution in [0.15, 0.2) is 30.6 Å². The van der Waals surface area contributed by atoms with Gasteiger partial charge >= 0.3 is 0 Å². The van der Waals surface area contributed by atoms with Crippen LogP contribution >= 0.6 is 0 Å². The minimum atomic E-state index is -0.281. The Labute approximate surface area is 157 Å². The number of aryl methyl sites for hydroxylation is 2.